The first kappa shape index (κ1) is 13.5. The smallest absolute Gasteiger partial charge is 0.126 e. The molecule has 0 radical (unpaired) electrons. The van der Waals surface area contributed by atoms with Crippen molar-refractivity contribution in [2.24, 2.45) is 0 Å². The summed E-state index contributed by atoms with van der Waals surface area (Å²) in [6, 6.07) is 8.52. The fourth-order valence-corrected chi connectivity index (χ4v) is 3.21. The molecule has 1 aliphatic rings. The summed E-state index contributed by atoms with van der Waals surface area (Å²) in [5.41, 5.74) is 9.55. The standard InChI is InChI=1S/C15H13Cl2FN2/c16-12-6-9(18)7-13(17)15(12)20-14-4-1-8-5-10(19)2-3-11(8)14/h2-3,5-7,14,20H,1,4,19H2. The third-order valence-electron chi connectivity index (χ3n) is 3.57. The summed E-state index contributed by atoms with van der Waals surface area (Å²) in [7, 11) is 0. The highest BCUT2D eigenvalue weighted by atomic mass is 35.5. The Bertz CT molecular complexity index is 650. The van der Waals surface area contributed by atoms with Crippen molar-refractivity contribution in [3.63, 3.8) is 0 Å². The molecule has 3 N–H and O–H groups in total. The summed E-state index contributed by atoms with van der Waals surface area (Å²) in [6.07, 6.45) is 1.89. The Morgan fingerprint density at radius 2 is 1.85 bits per heavy atom. The molecule has 0 saturated carbocycles. The maximum atomic E-state index is 13.2. The first-order valence-corrected chi connectivity index (χ1v) is 7.09. The Kier molecular flexibility index (Phi) is 3.48. The van der Waals surface area contributed by atoms with Crippen LogP contribution in [0.1, 0.15) is 23.6 Å². The van der Waals surface area contributed by atoms with Crippen LogP contribution in [-0.4, -0.2) is 0 Å². The summed E-state index contributed by atoms with van der Waals surface area (Å²) in [5, 5.41) is 3.89. The first-order valence-electron chi connectivity index (χ1n) is 6.34. The molecule has 20 heavy (non-hydrogen) atoms. The fraction of sp³-hybridized carbons (Fsp3) is 0.200. The van der Waals surface area contributed by atoms with Gasteiger partial charge in [-0.15, -0.1) is 0 Å². The molecule has 0 heterocycles. The molecular formula is C15H13Cl2FN2. The predicted molar refractivity (Wildman–Crippen MR) is 82.0 cm³/mol. The second kappa shape index (κ2) is 5.15. The van der Waals surface area contributed by atoms with Gasteiger partial charge < -0.3 is 11.1 Å². The number of nitrogen functional groups attached to an aromatic ring is 1. The molecule has 2 aromatic rings. The zero-order valence-corrected chi connectivity index (χ0v) is 12.1. The van der Waals surface area contributed by atoms with Crippen LogP contribution in [0, 0.1) is 5.82 Å². The van der Waals surface area contributed by atoms with Gasteiger partial charge in [0.2, 0.25) is 0 Å². The summed E-state index contributed by atoms with van der Waals surface area (Å²) in [5.74, 6) is -0.440. The number of halogens is 3. The molecule has 5 heteroatoms. The van der Waals surface area contributed by atoms with Crippen LogP contribution in [0.25, 0.3) is 0 Å². The second-order valence-electron chi connectivity index (χ2n) is 4.94. The van der Waals surface area contributed by atoms with Crippen LogP contribution in [0.2, 0.25) is 10.0 Å². The van der Waals surface area contributed by atoms with Crippen LogP contribution >= 0.6 is 23.2 Å². The molecule has 104 valence electrons. The molecule has 1 unspecified atom stereocenters. The number of aryl methyl sites for hydroxylation is 1. The molecule has 3 rings (SSSR count). The maximum Gasteiger partial charge on any atom is 0.126 e. The van der Waals surface area contributed by atoms with Gasteiger partial charge in [-0.1, -0.05) is 29.3 Å². The normalized spacial score (nSPS) is 17.1. The number of hydrogen-bond donors (Lipinski definition) is 2. The van der Waals surface area contributed by atoms with Crippen molar-refractivity contribution in [1.82, 2.24) is 0 Å². The molecule has 0 bridgehead atoms. The number of hydrogen-bond acceptors (Lipinski definition) is 2. The average molecular weight is 311 g/mol. The molecule has 1 atom stereocenters. The van der Waals surface area contributed by atoms with E-state index in [9.17, 15) is 4.39 Å². The average Bonchev–Trinajstić information content (AvgIpc) is 2.76. The van der Waals surface area contributed by atoms with Gasteiger partial charge in [0.25, 0.3) is 0 Å². The van der Waals surface area contributed by atoms with Gasteiger partial charge >= 0.3 is 0 Å². The highest BCUT2D eigenvalue weighted by Gasteiger charge is 2.24. The zero-order chi connectivity index (χ0) is 14.3. The van der Waals surface area contributed by atoms with Crippen molar-refractivity contribution in [2.75, 3.05) is 11.1 Å². The van der Waals surface area contributed by atoms with Crippen LogP contribution in [-0.2, 0) is 6.42 Å². The molecular weight excluding hydrogens is 298 g/mol. The molecule has 0 amide bonds. The van der Waals surface area contributed by atoms with E-state index in [4.69, 9.17) is 28.9 Å². The van der Waals surface area contributed by atoms with Gasteiger partial charge in [0, 0.05) is 5.69 Å². The van der Waals surface area contributed by atoms with Gasteiger partial charge in [-0.05, 0) is 48.2 Å². The lowest BCUT2D eigenvalue weighted by molar-refractivity contribution is 0.628. The van der Waals surface area contributed by atoms with Crippen molar-refractivity contribution in [3.8, 4) is 0 Å². The summed E-state index contributed by atoms with van der Waals surface area (Å²) in [4.78, 5) is 0. The largest absolute Gasteiger partial charge is 0.399 e. The number of nitrogens with one attached hydrogen (secondary N) is 1. The van der Waals surface area contributed by atoms with Gasteiger partial charge in [-0.25, -0.2) is 4.39 Å². The van der Waals surface area contributed by atoms with Crippen LogP contribution in [0.4, 0.5) is 15.8 Å². The summed E-state index contributed by atoms with van der Waals surface area (Å²) in [6.45, 7) is 0. The lowest BCUT2D eigenvalue weighted by Crippen LogP contribution is -2.08. The molecule has 0 spiro atoms. The van der Waals surface area contributed by atoms with Crippen molar-refractivity contribution < 1.29 is 4.39 Å². The van der Waals surface area contributed by atoms with E-state index in [0.717, 1.165) is 18.5 Å². The Balaban J connectivity index is 1.91. The molecule has 0 saturated heterocycles. The van der Waals surface area contributed by atoms with Gasteiger partial charge in [0.05, 0.1) is 21.8 Å². The Morgan fingerprint density at radius 3 is 2.55 bits per heavy atom. The van der Waals surface area contributed by atoms with Crippen molar-refractivity contribution in [2.45, 2.75) is 18.9 Å². The van der Waals surface area contributed by atoms with Crippen LogP contribution in [0.15, 0.2) is 30.3 Å². The number of nitrogens with two attached hydrogens (primary N) is 1. The number of anilines is 2. The highest BCUT2D eigenvalue weighted by Crippen LogP contribution is 2.39. The van der Waals surface area contributed by atoms with Gasteiger partial charge in [-0.2, -0.15) is 0 Å². The SMILES string of the molecule is Nc1ccc2c(c1)CCC2Nc1c(Cl)cc(F)cc1Cl. The van der Waals surface area contributed by atoms with E-state index in [2.05, 4.69) is 5.32 Å². The monoisotopic (exact) mass is 310 g/mol. The van der Waals surface area contributed by atoms with E-state index >= 15 is 0 Å². The minimum atomic E-state index is -0.440. The van der Waals surface area contributed by atoms with E-state index in [1.54, 1.807) is 0 Å². The van der Waals surface area contributed by atoms with Crippen molar-refractivity contribution >= 4 is 34.6 Å². The Hall–Kier alpha value is -1.45. The lowest BCUT2D eigenvalue weighted by atomic mass is 10.1. The quantitative estimate of drug-likeness (QED) is 0.781. The molecule has 2 nitrogen and oxygen atoms in total. The summed E-state index contributed by atoms with van der Waals surface area (Å²) >= 11 is 12.1. The van der Waals surface area contributed by atoms with E-state index in [1.807, 2.05) is 18.2 Å². The van der Waals surface area contributed by atoms with E-state index < -0.39 is 5.82 Å². The fourth-order valence-electron chi connectivity index (χ4n) is 2.64. The number of fused-ring (bicyclic) bond motifs is 1. The van der Waals surface area contributed by atoms with Crippen molar-refractivity contribution in [1.29, 1.82) is 0 Å². The topological polar surface area (TPSA) is 38.0 Å². The minimum Gasteiger partial charge on any atom is -0.399 e. The van der Waals surface area contributed by atoms with Crippen molar-refractivity contribution in [3.05, 3.63) is 57.3 Å². The van der Waals surface area contributed by atoms with Crippen LogP contribution in [0.3, 0.4) is 0 Å². The van der Waals surface area contributed by atoms with E-state index in [1.165, 1.54) is 23.3 Å². The molecule has 0 aromatic heterocycles. The van der Waals surface area contributed by atoms with E-state index in [-0.39, 0.29) is 6.04 Å². The minimum absolute atomic E-state index is 0.117. The second-order valence-corrected chi connectivity index (χ2v) is 5.75. The zero-order valence-electron chi connectivity index (χ0n) is 10.6. The third kappa shape index (κ3) is 2.43. The van der Waals surface area contributed by atoms with Crippen LogP contribution in [0.5, 0.6) is 0 Å². The van der Waals surface area contributed by atoms with Gasteiger partial charge in [0.1, 0.15) is 5.82 Å². The highest BCUT2D eigenvalue weighted by molar-refractivity contribution is 6.39. The molecule has 2 aromatic carbocycles. The number of rotatable bonds is 2. The molecule has 0 fully saturated rings. The third-order valence-corrected chi connectivity index (χ3v) is 4.17. The summed E-state index contributed by atoms with van der Waals surface area (Å²) < 4.78 is 13.2. The molecule has 0 aliphatic heterocycles. The predicted octanol–water partition coefficient (Wildman–Crippen LogP) is 4.81. The van der Waals surface area contributed by atoms with Gasteiger partial charge in [0.15, 0.2) is 0 Å². The molecule has 1 aliphatic carbocycles. The van der Waals surface area contributed by atoms with Gasteiger partial charge in [-0.3, -0.25) is 0 Å². The van der Waals surface area contributed by atoms with Crippen LogP contribution < -0.4 is 11.1 Å². The Labute approximate surface area is 126 Å². The number of benzene rings is 2. The first-order chi connectivity index (χ1) is 9.54. The Morgan fingerprint density at radius 1 is 1.15 bits per heavy atom. The van der Waals surface area contributed by atoms with E-state index in [0.29, 0.717) is 15.7 Å². The maximum absolute atomic E-state index is 13.2. The lowest BCUT2D eigenvalue weighted by Gasteiger charge is -2.18.